The van der Waals surface area contributed by atoms with Crippen LogP contribution in [0.1, 0.15) is 39.5 Å². The molecule has 0 aromatic carbocycles. The van der Waals surface area contributed by atoms with E-state index in [0.29, 0.717) is 5.91 Å². The van der Waals surface area contributed by atoms with Crippen LogP contribution in [0.2, 0.25) is 0 Å². The Bertz CT molecular complexity index is 248. The van der Waals surface area contributed by atoms with Gasteiger partial charge in [-0.2, -0.15) is 0 Å². The van der Waals surface area contributed by atoms with Crippen LogP contribution >= 0.6 is 0 Å². The molecule has 1 amide bonds. The molecule has 1 aliphatic heterocycles. The van der Waals surface area contributed by atoms with Crippen molar-refractivity contribution in [3.8, 4) is 0 Å². The first-order chi connectivity index (χ1) is 7.61. The van der Waals surface area contributed by atoms with Gasteiger partial charge in [-0.05, 0) is 26.2 Å². The summed E-state index contributed by atoms with van der Waals surface area (Å²) in [5.74, 6) is 0.444. The molecule has 0 bridgehead atoms. The van der Waals surface area contributed by atoms with Gasteiger partial charge in [-0.25, -0.2) is 0 Å². The topological polar surface area (TPSA) is 46.3 Å². The van der Waals surface area contributed by atoms with E-state index >= 15 is 0 Å². The molecule has 2 atom stereocenters. The van der Waals surface area contributed by atoms with Gasteiger partial charge in [0.05, 0.1) is 0 Å². The van der Waals surface area contributed by atoms with Gasteiger partial charge in [0.15, 0.2) is 0 Å². The maximum Gasteiger partial charge on any atom is 0.225 e. The minimum absolute atomic E-state index is 0.144. The predicted octanol–water partition coefficient (Wildman–Crippen LogP) is 1.93. The van der Waals surface area contributed by atoms with Crippen LogP contribution in [0, 0.1) is 5.92 Å². The van der Waals surface area contributed by atoms with Crippen LogP contribution in [-0.4, -0.2) is 29.9 Å². The van der Waals surface area contributed by atoms with Gasteiger partial charge in [-0.1, -0.05) is 25.5 Å². The van der Waals surface area contributed by atoms with E-state index in [2.05, 4.69) is 12.2 Å². The van der Waals surface area contributed by atoms with E-state index in [1.807, 2.05) is 18.7 Å². The first kappa shape index (κ1) is 13.2. The van der Waals surface area contributed by atoms with E-state index in [0.717, 1.165) is 38.8 Å². The fourth-order valence-corrected chi connectivity index (χ4v) is 2.02. The molecule has 2 unspecified atom stereocenters. The predicted molar refractivity (Wildman–Crippen MR) is 67.0 cm³/mol. The average molecular weight is 224 g/mol. The summed E-state index contributed by atoms with van der Waals surface area (Å²) in [5, 5.41) is 0. The van der Waals surface area contributed by atoms with Gasteiger partial charge in [0.1, 0.15) is 0 Å². The molecule has 0 spiro atoms. The summed E-state index contributed by atoms with van der Waals surface area (Å²) >= 11 is 0. The molecule has 2 N–H and O–H groups in total. The smallest absolute Gasteiger partial charge is 0.225 e. The van der Waals surface area contributed by atoms with E-state index in [1.54, 1.807) is 0 Å². The fraction of sp³-hybridized carbons (Fsp3) is 0.769. The van der Waals surface area contributed by atoms with Crippen molar-refractivity contribution in [3.05, 3.63) is 12.2 Å². The SMILES string of the molecule is CC(N)CCCC(C)C(=O)N1CC=CCC1. The van der Waals surface area contributed by atoms with Gasteiger partial charge in [-0.15, -0.1) is 0 Å². The zero-order chi connectivity index (χ0) is 12.0. The summed E-state index contributed by atoms with van der Waals surface area (Å²) in [5.41, 5.74) is 5.69. The molecule has 3 heteroatoms. The maximum absolute atomic E-state index is 12.0. The van der Waals surface area contributed by atoms with E-state index in [4.69, 9.17) is 5.73 Å². The third-order valence-corrected chi connectivity index (χ3v) is 3.09. The Morgan fingerprint density at radius 3 is 2.69 bits per heavy atom. The molecule has 0 fully saturated rings. The van der Waals surface area contributed by atoms with Gasteiger partial charge >= 0.3 is 0 Å². The summed E-state index contributed by atoms with van der Waals surface area (Å²) in [6, 6.07) is 0.250. The molecule has 92 valence electrons. The molecule has 0 aliphatic carbocycles. The molecule has 1 heterocycles. The van der Waals surface area contributed by atoms with Crippen molar-refractivity contribution in [2.45, 2.75) is 45.6 Å². The minimum Gasteiger partial charge on any atom is -0.338 e. The first-order valence-electron chi connectivity index (χ1n) is 6.30. The van der Waals surface area contributed by atoms with E-state index < -0.39 is 0 Å². The molecule has 1 aliphatic rings. The Kier molecular flexibility index (Phi) is 5.53. The van der Waals surface area contributed by atoms with Crippen LogP contribution in [0.3, 0.4) is 0 Å². The second-order valence-corrected chi connectivity index (χ2v) is 4.85. The molecule has 0 radical (unpaired) electrons. The van der Waals surface area contributed by atoms with Gasteiger partial charge in [-0.3, -0.25) is 4.79 Å². The summed E-state index contributed by atoms with van der Waals surface area (Å²) < 4.78 is 0. The lowest BCUT2D eigenvalue weighted by atomic mass is 10.0. The van der Waals surface area contributed by atoms with Crippen LogP contribution < -0.4 is 5.73 Å². The zero-order valence-electron chi connectivity index (χ0n) is 10.5. The van der Waals surface area contributed by atoms with E-state index in [-0.39, 0.29) is 12.0 Å². The van der Waals surface area contributed by atoms with Crippen LogP contribution in [0.25, 0.3) is 0 Å². The van der Waals surface area contributed by atoms with Crippen molar-refractivity contribution in [2.75, 3.05) is 13.1 Å². The third kappa shape index (κ3) is 4.35. The first-order valence-corrected chi connectivity index (χ1v) is 6.30. The molecular weight excluding hydrogens is 200 g/mol. The standard InChI is InChI=1S/C13H24N2O/c1-11(7-6-8-12(2)14)13(16)15-9-4-3-5-10-15/h3-4,11-12H,5-10,14H2,1-2H3. The van der Waals surface area contributed by atoms with Crippen molar-refractivity contribution < 1.29 is 4.79 Å². The quantitative estimate of drug-likeness (QED) is 0.725. The molecule has 16 heavy (non-hydrogen) atoms. The van der Waals surface area contributed by atoms with Crippen LogP contribution in [0.4, 0.5) is 0 Å². The fourth-order valence-electron chi connectivity index (χ4n) is 2.02. The molecule has 0 saturated carbocycles. The van der Waals surface area contributed by atoms with E-state index in [9.17, 15) is 4.79 Å². The monoisotopic (exact) mass is 224 g/mol. The van der Waals surface area contributed by atoms with Gasteiger partial charge in [0, 0.05) is 25.0 Å². The molecule has 0 saturated heterocycles. The van der Waals surface area contributed by atoms with Gasteiger partial charge < -0.3 is 10.6 Å². The van der Waals surface area contributed by atoms with Gasteiger partial charge in [0.25, 0.3) is 0 Å². The second kappa shape index (κ2) is 6.69. The number of hydrogen-bond donors (Lipinski definition) is 1. The van der Waals surface area contributed by atoms with Gasteiger partial charge in [0.2, 0.25) is 5.91 Å². The molecular formula is C13H24N2O. The third-order valence-electron chi connectivity index (χ3n) is 3.09. The van der Waals surface area contributed by atoms with Crippen molar-refractivity contribution in [2.24, 2.45) is 11.7 Å². The number of rotatable bonds is 5. The zero-order valence-corrected chi connectivity index (χ0v) is 10.5. The lowest BCUT2D eigenvalue weighted by Gasteiger charge is -2.26. The Hall–Kier alpha value is -0.830. The van der Waals surface area contributed by atoms with Crippen molar-refractivity contribution >= 4 is 5.91 Å². The highest BCUT2D eigenvalue weighted by Crippen LogP contribution is 2.14. The van der Waals surface area contributed by atoms with Crippen LogP contribution in [-0.2, 0) is 4.79 Å². The Morgan fingerprint density at radius 1 is 1.38 bits per heavy atom. The van der Waals surface area contributed by atoms with E-state index in [1.165, 1.54) is 0 Å². The summed E-state index contributed by atoms with van der Waals surface area (Å²) in [7, 11) is 0. The molecule has 3 nitrogen and oxygen atoms in total. The molecule has 0 aromatic heterocycles. The van der Waals surface area contributed by atoms with Crippen molar-refractivity contribution in [3.63, 3.8) is 0 Å². The summed E-state index contributed by atoms with van der Waals surface area (Å²) in [6.07, 6.45) is 8.24. The second-order valence-electron chi connectivity index (χ2n) is 4.85. The maximum atomic E-state index is 12.0. The van der Waals surface area contributed by atoms with Crippen LogP contribution in [0.5, 0.6) is 0 Å². The Morgan fingerprint density at radius 2 is 2.12 bits per heavy atom. The number of nitrogens with two attached hydrogens (primary N) is 1. The normalized spacial score (nSPS) is 19.6. The number of carbonyl (C=O) groups is 1. The number of carbonyl (C=O) groups excluding carboxylic acids is 1. The Balaban J connectivity index is 2.27. The highest BCUT2D eigenvalue weighted by molar-refractivity contribution is 5.78. The Labute approximate surface area is 98.7 Å². The van der Waals surface area contributed by atoms with Crippen molar-refractivity contribution in [1.82, 2.24) is 4.90 Å². The summed E-state index contributed by atoms with van der Waals surface area (Å²) in [6.45, 7) is 5.72. The number of nitrogens with zero attached hydrogens (tertiary/aromatic N) is 1. The summed E-state index contributed by atoms with van der Waals surface area (Å²) in [4.78, 5) is 14.0. The lowest BCUT2D eigenvalue weighted by Crippen LogP contribution is -2.37. The number of amides is 1. The molecule has 1 rings (SSSR count). The lowest BCUT2D eigenvalue weighted by molar-refractivity contribution is -0.134. The highest BCUT2D eigenvalue weighted by atomic mass is 16.2. The average Bonchev–Trinajstić information content (AvgIpc) is 2.28. The number of hydrogen-bond acceptors (Lipinski definition) is 2. The van der Waals surface area contributed by atoms with Crippen LogP contribution in [0.15, 0.2) is 12.2 Å². The minimum atomic E-state index is 0.144. The largest absolute Gasteiger partial charge is 0.338 e. The molecule has 0 aromatic rings. The highest BCUT2D eigenvalue weighted by Gasteiger charge is 2.19. The van der Waals surface area contributed by atoms with Crippen molar-refractivity contribution in [1.29, 1.82) is 0 Å².